The van der Waals surface area contributed by atoms with E-state index in [1.54, 1.807) is 12.3 Å². The first-order chi connectivity index (χ1) is 15.4. The average molecular weight is 470 g/mol. The lowest BCUT2D eigenvalue weighted by molar-refractivity contribution is 0.0600. The van der Waals surface area contributed by atoms with Gasteiger partial charge in [-0.3, -0.25) is 9.20 Å². The molecule has 33 heavy (non-hydrogen) atoms. The molecule has 1 fully saturated rings. The van der Waals surface area contributed by atoms with Crippen LogP contribution in [0, 0.1) is 6.92 Å². The summed E-state index contributed by atoms with van der Waals surface area (Å²) in [6.07, 6.45) is 5.91. The number of H-pyrrole nitrogens is 1. The molecular weight excluding hydrogens is 434 g/mol. The molecule has 3 aromatic rings. The number of aromatic amines is 1. The zero-order valence-electron chi connectivity index (χ0n) is 20.7. The van der Waals surface area contributed by atoms with Crippen molar-refractivity contribution >= 4 is 30.8 Å². The molecule has 1 aliphatic rings. The van der Waals surface area contributed by atoms with Crippen molar-refractivity contribution < 1.29 is 14.0 Å². The summed E-state index contributed by atoms with van der Waals surface area (Å²) in [4.78, 5) is 32.5. The monoisotopic (exact) mass is 469 g/mol. The standard InChI is InChI=1S/C25H35N3O4Si/c1-15-12-20-19(13-18(15)24(30)31-5)27-23(29)21-14-26-22(28(20)21)16-8-10-17(11-9-16)32-33(6,7)25(2,3)4/h12-14,16-17H,8-11H2,1-7H3,(H,27,29)/t16-,17-. The number of benzene rings is 1. The Hall–Kier alpha value is -2.45. The van der Waals surface area contributed by atoms with E-state index < -0.39 is 14.3 Å². The molecule has 178 valence electrons. The molecule has 0 amide bonds. The minimum absolute atomic E-state index is 0.198. The van der Waals surface area contributed by atoms with Gasteiger partial charge in [0.25, 0.3) is 5.56 Å². The van der Waals surface area contributed by atoms with Crippen molar-refractivity contribution in [1.82, 2.24) is 14.4 Å². The molecule has 2 heterocycles. The van der Waals surface area contributed by atoms with Crippen molar-refractivity contribution in [1.29, 1.82) is 0 Å². The second kappa shape index (κ2) is 8.40. The number of aryl methyl sites for hydroxylation is 1. The zero-order chi connectivity index (χ0) is 24.1. The Kier molecular flexibility index (Phi) is 6.03. The van der Waals surface area contributed by atoms with Crippen LogP contribution in [0.25, 0.3) is 16.6 Å². The molecule has 1 aromatic carbocycles. The van der Waals surface area contributed by atoms with Crippen molar-refractivity contribution in [2.75, 3.05) is 7.11 Å². The van der Waals surface area contributed by atoms with E-state index in [1.165, 1.54) is 7.11 Å². The second-order valence-electron chi connectivity index (χ2n) is 10.8. The van der Waals surface area contributed by atoms with Crippen molar-refractivity contribution in [2.45, 2.75) is 83.5 Å². The number of nitrogens with zero attached hydrogens (tertiary/aromatic N) is 2. The Balaban J connectivity index is 1.67. The number of ether oxygens (including phenoxy) is 1. The SMILES string of the molecule is COC(=O)c1cc2[nH]c(=O)c3cnc([C@H]4CC[C@H](O[Si](C)(C)C(C)(C)C)CC4)n3c2cc1C. The van der Waals surface area contributed by atoms with Gasteiger partial charge in [-0.2, -0.15) is 0 Å². The first-order valence-corrected chi connectivity index (χ1v) is 14.6. The molecule has 0 saturated heterocycles. The lowest BCUT2D eigenvalue weighted by Gasteiger charge is -2.41. The molecule has 8 heteroatoms. The van der Waals surface area contributed by atoms with E-state index >= 15 is 0 Å². The third-order valence-corrected chi connectivity index (χ3v) is 12.1. The molecular formula is C25H35N3O4Si. The number of fused-ring (bicyclic) bond motifs is 3. The fraction of sp³-hybridized carbons (Fsp3) is 0.560. The molecule has 0 unspecified atom stereocenters. The minimum Gasteiger partial charge on any atom is -0.465 e. The van der Waals surface area contributed by atoms with Crippen LogP contribution in [0.4, 0.5) is 0 Å². The van der Waals surface area contributed by atoms with Crippen LogP contribution in [0.2, 0.25) is 18.1 Å². The number of esters is 1. The number of carbonyl (C=O) groups excluding carboxylic acids is 1. The summed E-state index contributed by atoms with van der Waals surface area (Å²) in [7, 11) is -0.438. The quantitative estimate of drug-likeness (QED) is 0.413. The Bertz CT molecular complexity index is 1260. The van der Waals surface area contributed by atoms with Crippen molar-refractivity contribution in [3.8, 4) is 0 Å². The molecule has 0 radical (unpaired) electrons. The van der Waals surface area contributed by atoms with Crippen LogP contribution in [0.3, 0.4) is 0 Å². The predicted molar refractivity (Wildman–Crippen MR) is 133 cm³/mol. The van der Waals surface area contributed by atoms with Crippen molar-refractivity contribution in [2.24, 2.45) is 0 Å². The van der Waals surface area contributed by atoms with Gasteiger partial charge in [0.15, 0.2) is 8.32 Å². The zero-order valence-corrected chi connectivity index (χ0v) is 21.7. The average Bonchev–Trinajstić information content (AvgIpc) is 3.19. The molecule has 1 saturated carbocycles. The van der Waals surface area contributed by atoms with Crippen LogP contribution in [0.1, 0.15) is 74.1 Å². The summed E-state index contributed by atoms with van der Waals surface area (Å²) >= 11 is 0. The summed E-state index contributed by atoms with van der Waals surface area (Å²) in [5, 5.41) is 0.198. The van der Waals surface area contributed by atoms with Crippen molar-refractivity contribution in [3.05, 3.63) is 45.6 Å². The number of hydrogen-bond donors (Lipinski definition) is 1. The Labute approximate surface area is 195 Å². The fourth-order valence-electron chi connectivity index (χ4n) is 4.59. The second-order valence-corrected chi connectivity index (χ2v) is 15.6. The van der Waals surface area contributed by atoms with Crippen LogP contribution in [-0.2, 0) is 9.16 Å². The molecule has 2 aromatic heterocycles. The van der Waals surface area contributed by atoms with Gasteiger partial charge in [-0.1, -0.05) is 20.8 Å². The van der Waals surface area contributed by atoms with Gasteiger partial charge >= 0.3 is 5.97 Å². The van der Waals surface area contributed by atoms with E-state index in [1.807, 2.05) is 17.4 Å². The van der Waals surface area contributed by atoms with Crippen molar-refractivity contribution in [3.63, 3.8) is 0 Å². The largest absolute Gasteiger partial charge is 0.465 e. The van der Waals surface area contributed by atoms with Gasteiger partial charge in [0.05, 0.1) is 29.9 Å². The highest BCUT2D eigenvalue weighted by atomic mass is 28.4. The van der Waals surface area contributed by atoms with Gasteiger partial charge < -0.3 is 14.1 Å². The van der Waals surface area contributed by atoms with Gasteiger partial charge in [-0.15, -0.1) is 0 Å². The van der Waals surface area contributed by atoms with Gasteiger partial charge in [0.1, 0.15) is 11.3 Å². The highest BCUT2D eigenvalue weighted by Gasteiger charge is 2.40. The van der Waals surface area contributed by atoms with Gasteiger partial charge in [0.2, 0.25) is 0 Å². The molecule has 0 spiro atoms. The summed E-state index contributed by atoms with van der Waals surface area (Å²) in [6, 6.07) is 3.63. The molecule has 1 aliphatic carbocycles. The fourth-order valence-corrected chi connectivity index (χ4v) is 6.02. The maximum absolute atomic E-state index is 12.8. The third kappa shape index (κ3) is 4.26. The van der Waals surface area contributed by atoms with E-state index in [0.29, 0.717) is 22.7 Å². The molecule has 7 nitrogen and oxygen atoms in total. The first kappa shape index (κ1) is 23.7. The van der Waals surface area contributed by atoms with Gasteiger partial charge in [-0.05, 0) is 68.4 Å². The maximum Gasteiger partial charge on any atom is 0.338 e. The number of methoxy groups -OCH3 is 1. The number of rotatable bonds is 4. The normalized spacial score (nSPS) is 19.8. The topological polar surface area (TPSA) is 85.7 Å². The molecule has 0 bridgehead atoms. The molecule has 0 aliphatic heterocycles. The Morgan fingerprint density at radius 3 is 2.42 bits per heavy atom. The number of carbonyl (C=O) groups is 1. The summed E-state index contributed by atoms with van der Waals surface area (Å²) in [5.74, 6) is 0.760. The smallest absolute Gasteiger partial charge is 0.338 e. The Morgan fingerprint density at radius 1 is 1.15 bits per heavy atom. The van der Waals surface area contributed by atoms with E-state index in [-0.39, 0.29) is 16.5 Å². The molecule has 1 N–H and O–H groups in total. The van der Waals surface area contributed by atoms with Crippen LogP contribution >= 0.6 is 0 Å². The predicted octanol–water partition coefficient (Wildman–Crippen LogP) is 5.32. The molecule has 4 rings (SSSR count). The van der Waals surface area contributed by atoms with Crippen LogP contribution < -0.4 is 5.56 Å². The van der Waals surface area contributed by atoms with E-state index in [2.05, 4.69) is 38.8 Å². The minimum atomic E-state index is -1.80. The summed E-state index contributed by atoms with van der Waals surface area (Å²) in [5.41, 5.74) is 3.02. The van der Waals surface area contributed by atoms with E-state index in [0.717, 1.165) is 42.6 Å². The van der Waals surface area contributed by atoms with E-state index in [4.69, 9.17) is 14.1 Å². The highest BCUT2D eigenvalue weighted by Crippen LogP contribution is 2.41. The van der Waals surface area contributed by atoms with Crippen LogP contribution in [-0.4, -0.2) is 41.9 Å². The van der Waals surface area contributed by atoms with E-state index in [9.17, 15) is 9.59 Å². The summed E-state index contributed by atoms with van der Waals surface area (Å²) in [6.45, 7) is 13.3. The first-order valence-electron chi connectivity index (χ1n) is 11.7. The maximum atomic E-state index is 12.8. The third-order valence-electron chi connectivity index (χ3n) is 7.57. The lowest BCUT2D eigenvalue weighted by atomic mass is 9.87. The lowest BCUT2D eigenvalue weighted by Crippen LogP contribution is -2.44. The highest BCUT2D eigenvalue weighted by molar-refractivity contribution is 6.74. The number of aromatic nitrogens is 3. The summed E-state index contributed by atoms with van der Waals surface area (Å²) < 4.78 is 13.5. The van der Waals surface area contributed by atoms with Gasteiger partial charge in [0, 0.05) is 12.0 Å². The Morgan fingerprint density at radius 2 is 1.82 bits per heavy atom. The van der Waals surface area contributed by atoms with Gasteiger partial charge in [-0.25, -0.2) is 9.78 Å². The number of nitrogens with one attached hydrogen (secondary N) is 1. The van der Waals surface area contributed by atoms with Crippen LogP contribution in [0.5, 0.6) is 0 Å². The van der Waals surface area contributed by atoms with Crippen LogP contribution in [0.15, 0.2) is 23.1 Å². The number of imidazole rings is 1. The number of hydrogen-bond acceptors (Lipinski definition) is 5. The molecule has 0 atom stereocenters.